The van der Waals surface area contributed by atoms with Crippen molar-refractivity contribution in [2.45, 2.75) is 195 Å². The van der Waals surface area contributed by atoms with Gasteiger partial charge in [0.2, 0.25) is 0 Å². The number of nitrogens with zero attached hydrogens (tertiary/aromatic N) is 3. The zero-order chi connectivity index (χ0) is 30.8. The largest absolute Gasteiger partial charge is 0.301 e. The van der Waals surface area contributed by atoms with Crippen molar-refractivity contribution in [1.82, 2.24) is 14.7 Å². The zero-order valence-corrected chi connectivity index (χ0v) is 30.4. The predicted molar refractivity (Wildman–Crippen MR) is 197 cm³/mol. The molecule has 3 heterocycles. The summed E-state index contributed by atoms with van der Waals surface area (Å²) < 4.78 is 0. The van der Waals surface area contributed by atoms with Crippen LogP contribution < -0.4 is 0 Å². The Balaban J connectivity index is -0.000000131. The van der Waals surface area contributed by atoms with Crippen molar-refractivity contribution in [1.29, 1.82) is 0 Å². The highest BCUT2D eigenvalue weighted by Gasteiger charge is 2.13. The number of rotatable bonds is 3. The van der Waals surface area contributed by atoms with E-state index in [1.165, 1.54) is 97.1 Å². The molecule has 3 nitrogen and oxygen atoms in total. The highest BCUT2D eigenvalue weighted by molar-refractivity contribution is 4.69. The Morgan fingerprint density at radius 1 is 0.268 bits per heavy atom. The van der Waals surface area contributed by atoms with E-state index in [2.05, 4.69) is 119 Å². The second kappa shape index (κ2) is 34.4. The smallest absolute Gasteiger partial charge is 0.00385 e. The first-order valence-corrected chi connectivity index (χ1v) is 17.3. The number of hydrogen-bond donors (Lipinski definition) is 0. The molecule has 0 atom stereocenters. The lowest BCUT2D eigenvalue weighted by Gasteiger charge is -2.29. The fourth-order valence-corrected chi connectivity index (χ4v) is 4.30. The standard InChI is InChI=1S/C9H19N.C8H17N.C7H15N.3C4H10.2CH4/c1-9(2)10-7-5-3-4-6-8-10;1-8(2)9-6-4-3-5-7-9;1-7(2)8-5-3-4-6-8;3*1-4(2)3;;/h9H,3-8H2,1-2H3;8H,3-7H2,1-2H3;7H,3-6H2,1-2H3;3*4H,1-3H3;2*1H4. The molecule has 0 aromatic carbocycles. The van der Waals surface area contributed by atoms with Crippen LogP contribution in [-0.2, 0) is 0 Å². The van der Waals surface area contributed by atoms with Crippen molar-refractivity contribution in [3.63, 3.8) is 0 Å². The van der Waals surface area contributed by atoms with Crippen LogP contribution in [0.1, 0.15) is 176 Å². The average molecular weight is 588 g/mol. The Labute approximate surface area is 266 Å². The maximum Gasteiger partial charge on any atom is 0.00385 e. The molecular formula is C38H89N3. The third kappa shape index (κ3) is 44.4. The van der Waals surface area contributed by atoms with Crippen LogP contribution in [0.2, 0.25) is 0 Å². The molecule has 0 bridgehead atoms. The Morgan fingerprint density at radius 3 is 0.537 bits per heavy atom. The number of likely N-dealkylation sites (tertiary alicyclic amines) is 3. The summed E-state index contributed by atoms with van der Waals surface area (Å²) in [5, 5.41) is 0. The van der Waals surface area contributed by atoms with E-state index in [0.717, 1.165) is 35.9 Å². The molecule has 0 radical (unpaired) electrons. The van der Waals surface area contributed by atoms with Crippen molar-refractivity contribution in [3.8, 4) is 0 Å². The number of piperidine rings is 1. The van der Waals surface area contributed by atoms with Crippen molar-refractivity contribution >= 4 is 0 Å². The molecule has 3 fully saturated rings. The minimum Gasteiger partial charge on any atom is -0.301 e. The van der Waals surface area contributed by atoms with Crippen molar-refractivity contribution < 1.29 is 0 Å². The van der Waals surface area contributed by atoms with Gasteiger partial charge in [-0.1, -0.05) is 96.4 Å². The maximum atomic E-state index is 2.59. The van der Waals surface area contributed by atoms with Gasteiger partial charge in [0.05, 0.1) is 0 Å². The van der Waals surface area contributed by atoms with Crippen LogP contribution in [0.3, 0.4) is 0 Å². The van der Waals surface area contributed by atoms with E-state index in [9.17, 15) is 0 Å². The Kier molecular flexibility index (Phi) is 42.3. The second-order valence-corrected chi connectivity index (χ2v) is 14.8. The second-order valence-electron chi connectivity index (χ2n) is 14.8. The van der Waals surface area contributed by atoms with Crippen molar-refractivity contribution in [2.75, 3.05) is 39.3 Å². The third-order valence-electron chi connectivity index (χ3n) is 6.36. The molecule has 0 aliphatic carbocycles. The summed E-state index contributed by atoms with van der Waals surface area (Å²) in [7, 11) is 0. The molecule has 0 aromatic rings. The van der Waals surface area contributed by atoms with Gasteiger partial charge in [0, 0.05) is 18.1 Å². The lowest BCUT2D eigenvalue weighted by molar-refractivity contribution is 0.185. The monoisotopic (exact) mass is 588 g/mol. The molecule has 256 valence electrons. The van der Waals surface area contributed by atoms with E-state index in [-0.39, 0.29) is 14.9 Å². The fraction of sp³-hybridized carbons (Fsp3) is 1.00. The van der Waals surface area contributed by atoms with Crippen LogP contribution in [0, 0.1) is 17.8 Å². The minimum atomic E-state index is 0. The van der Waals surface area contributed by atoms with E-state index in [4.69, 9.17) is 0 Å². The summed E-state index contributed by atoms with van der Waals surface area (Å²) in [6.07, 6.45) is 12.8. The molecule has 0 amide bonds. The van der Waals surface area contributed by atoms with Crippen LogP contribution in [0.4, 0.5) is 0 Å². The van der Waals surface area contributed by atoms with Gasteiger partial charge in [0.25, 0.3) is 0 Å². The molecular weight excluding hydrogens is 498 g/mol. The fourth-order valence-electron chi connectivity index (χ4n) is 4.30. The lowest BCUT2D eigenvalue weighted by Crippen LogP contribution is -2.35. The van der Waals surface area contributed by atoms with Gasteiger partial charge in [-0.25, -0.2) is 0 Å². The summed E-state index contributed by atoms with van der Waals surface area (Å²) >= 11 is 0. The molecule has 0 aromatic heterocycles. The molecule has 3 aliphatic heterocycles. The lowest BCUT2D eigenvalue weighted by atomic mass is 10.1. The van der Waals surface area contributed by atoms with Gasteiger partial charge in [-0.15, -0.1) is 0 Å². The van der Waals surface area contributed by atoms with Gasteiger partial charge in [-0.2, -0.15) is 0 Å². The molecule has 0 spiro atoms. The van der Waals surface area contributed by atoms with Gasteiger partial charge >= 0.3 is 0 Å². The summed E-state index contributed by atoms with van der Waals surface area (Å²) in [6.45, 7) is 41.2. The topological polar surface area (TPSA) is 9.72 Å². The van der Waals surface area contributed by atoms with Crippen molar-refractivity contribution in [2.24, 2.45) is 17.8 Å². The molecule has 0 N–H and O–H groups in total. The minimum absolute atomic E-state index is 0. The molecule has 41 heavy (non-hydrogen) atoms. The summed E-state index contributed by atoms with van der Waals surface area (Å²) in [5.41, 5.74) is 0. The van der Waals surface area contributed by atoms with Crippen LogP contribution in [0.25, 0.3) is 0 Å². The summed E-state index contributed by atoms with van der Waals surface area (Å²) in [5.74, 6) is 2.50. The van der Waals surface area contributed by atoms with Gasteiger partial charge in [0.1, 0.15) is 0 Å². The Hall–Kier alpha value is -0.120. The summed E-state index contributed by atoms with van der Waals surface area (Å²) in [4.78, 5) is 7.68. The first-order chi connectivity index (χ1) is 18.1. The van der Waals surface area contributed by atoms with Crippen molar-refractivity contribution in [3.05, 3.63) is 0 Å². The first kappa shape index (κ1) is 50.5. The quantitative estimate of drug-likeness (QED) is 0.325. The van der Waals surface area contributed by atoms with Gasteiger partial charge in [-0.05, 0) is 137 Å². The Bertz CT molecular complexity index is 414. The molecule has 3 rings (SSSR count). The van der Waals surface area contributed by atoms with E-state index in [1.807, 2.05) is 0 Å². The summed E-state index contributed by atoms with van der Waals surface area (Å²) in [6, 6.07) is 2.31. The zero-order valence-electron chi connectivity index (χ0n) is 30.4. The van der Waals surface area contributed by atoms with E-state index < -0.39 is 0 Å². The molecule has 0 unspecified atom stereocenters. The van der Waals surface area contributed by atoms with Crippen LogP contribution >= 0.6 is 0 Å². The molecule has 0 saturated carbocycles. The van der Waals surface area contributed by atoms with Gasteiger partial charge in [0.15, 0.2) is 0 Å². The predicted octanol–water partition coefficient (Wildman–Crippen LogP) is 11.9. The van der Waals surface area contributed by atoms with E-state index in [0.29, 0.717) is 0 Å². The highest BCUT2D eigenvalue weighted by atomic mass is 15.2. The molecule has 3 saturated heterocycles. The Morgan fingerprint density at radius 2 is 0.390 bits per heavy atom. The van der Waals surface area contributed by atoms with Crippen LogP contribution in [-0.4, -0.2) is 72.1 Å². The first-order valence-electron chi connectivity index (χ1n) is 17.3. The number of hydrogen-bond acceptors (Lipinski definition) is 3. The third-order valence-corrected chi connectivity index (χ3v) is 6.36. The van der Waals surface area contributed by atoms with E-state index >= 15 is 0 Å². The van der Waals surface area contributed by atoms with E-state index in [1.54, 1.807) is 0 Å². The van der Waals surface area contributed by atoms with Gasteiger partial charge in [-0.3, -0.25) is 0 Å². The normalized spacial score (nSPS) is 17.8. The van der Waals surface area contributed by atoms with Crippen LogP contribution in [0.5, 0.6) is 0 Å². The SMILES string of the molecule is C.C.CC(C)C.CC(C)C.CC(C)C.CC(C)N1CCCC1.CC(C)N1CCCCC1.CC(C)N1CCCCCC1. The van der Waals surface area contributed by atoms with Crippen LogP contribution in [0.15, 0.2) is 0 Å². The molecule has 3 heteroatoms. The maximum absolute atomic E-state index is 2.59. The molecule has 3 aliphatic rings. The average Bonchev–Trinajstić information content (AvgIpc) is 3.22. The highest BCUT2D eigenvalue weighted by Crippen LogP contribution is 2.12. The van der Waals surface area contributed by atoms with Gasteiger partial charge < -0.3 is 14.7 Å².